The third kappa shape index (κ3) is 4.28. The summed E-state index contributed by atoms with van der Waals surface area (Å²) in [6.45, 7) is 6.32. The van der Waals surface area contributed by atoms with Gasteiger partial charge in [-0.2, -0.15) is 0 Å². The van der Waals surface area contributed by atoms with Crippen LogP contribution in [0.5, 0.6) is 0 Å². The highest BCUT2D eigenvalue weighted by Crippen LogP contribution is 2.45. The molecule has 1 heterocycles. The van der Waals surface area contributed by atoms with Gasteiger partial charge in [0.1, 0.15) is 17.9 Å². The van der Waals surface area contributed by atoms with Crippen molar-refractivity contribution in [3.05, 3.63) is 35.6 Å². The third-order valence-electron chi connectivity index (χ3n) is 6.84. The minimum absolute atomic E-state index is 0.00802. The van der Waals surface area contributed by atoms with Crippen LogP contribution in [0, 0.1) is 17.2 Å². The number of rotatable bonds is 6. The highest BCUT2D eigenvalue weighted by molar-refractivity contribution is 6.09. The van der Waals surface area contributed by atoms with Gasteiger partial charge >= 0.3 is 6.03 Å². The Hall–Kier alpha value is -2.44. The Morgan fingerprint density at radius 1 is 1.28 bits per heavy atom. The Balaban J connectivity index is 1.58. The zero-order chi connectivity index (χ0) is 21.2. The Morgan fingerprint density at radius 2 is 1.93 bits per heavy atom. The first-order valence-electron chi connectivity index (χ1n) is 10.3. The lowest BCUT2D eigenvalue weighted by atomic mass is 9.65. The third-order valence-corrected chi connectivity index (χ3v) is 6.84. The SMILES string of the molecule is CCC(C)(C)C1CCC2(CC1)NC(=O)N(CC(=O)NCc1ccccc1F)C2=O. The van der Waals surface area contributed by atoms with Crippen LogP contribution in [-0.4, -0.2) is 34.8 Å². The van der Waals surface area contributed by atoms with Crippen molar-refractivity contribution in [2.24, 2.45) is 11.3 Å². The molecular weight excluding hydrogens is 373 g/mol. The molecule has 0 bridgehead atoms. The van der Waals surface area contributed by atoms with Crippen molar-refractivity contribution in [2.75, 3.05) is 6.54 Å². The van der Waals surface area contributed by atoms with Crippen molar-refractivity contribution >= 4 is 17.8 Å². The van der Waals surface area contributed by atoms with E-state index in [1.807, 2.05) is 0 Å². The van der Waals surface area contributed by atoms with Crippen molar-refractivity contribution in [1.29, 1.82) is 0 Å². The Bertz CT molecular complexity index is 800. The van der Waals surface area contributed by atoms with Gasteiger partial charge in [0.05, 0.1) is 0 Å². The van der Waals surface area contributed by atoms with E-state index in [2.05, 4.69) is 31.4 Å². The van der Waals surface area contributed by atoms with E-state index in [1.54, 1.807) is 18.2 Å². The van der Waals surface area contributed by atoms with Crippen molar-refractivity contribution in [2.45, 2.75) is 65.0 Å². The van der Waals surface area contributed by atoms with Gasteiger partial charge in [-0.25, -0.2) is 9.18 Å². The predicted molar refractivity (Wildman–Crippen MR) is 107 cm³/mol. The molecule has 1 aromatic carbocycles. The van der Waals surface area contributed by atoms with Crippen molar-refractivity contribution < 1.29 is 18.8 Å². The molecule has 4 amide bonds. The number of nitrogens with zero attached hydrogens (tertiary/aromatic N) is 1. The molecule has 2 fully saturated rings. The van der Waals surface area contributed by atoms with E-state index in [-0.39, 0.29) is 24.4 Å². The Kier molecular flexibility index (Phi) is 5.96. The van der Waals surface area contributed by atoms with Crippen LogP contribution >= 0.6 is 0 Å². The van der Waals surface area contributed by atoms with Crippen LogP contribution in [0.2, 0.25) is 0 Å². The highest BCUT2D eigenvalue weighted by atomic mass is 19.1. The molecule has 0 aromatic heterocycles. The molecule has 1 saturated carbocycles. The summed E-state index contributed by atoms with van der Waals surface area (Å²) < 4.78 is 13.7. The zero-order valence-electron chi connectivity index (χ0n) is 17.4. The fourth-order valence-electron chi connectivity index (χ4n) is 4.37. The van der Waals surface area contributed by atoms with Gasteiger partial charge in [0.15, 0.2) is 0 Å². The summed E-state index contributed by atoms with van der Waals surface area (Å²) in [5.41, 5.74) is -0.325. The molecule has 158 valence electrons. The highest BCUT2D eigenvalue weighted by Gasteiger charge is 2.53. The van der Waals surface area contributed by atoms with Crippen LogP contribution in [0.1, 0.15) is 58.4 Å². The summed E-state index contributed by atoms with van der Waals surface area (Å²) in [5.74, 6) is -0.708. The summed E-state index contributed by atoms with van der Waals surface area (Å²) in [4.78, 5) is 38.6. The van der Waals surface area contributed by atoms with E-state index in [9.17, 15) is 18.8 Å². The number of halogens is 1. The largest absolute Gasteiger partial charge is 0.350 e. The van der Waals surface area contributed by atoms with Crippen LogP contribution < -0.4 is 10.6 Å². The zero-order valence-corrected chi connectivity index (χ0v) is 17.4. The van der Waals surface area contributed by atoms with Gasteiger partial charge < -0.3 is 10.6 Å². The van der Waals surface area contributed by atoms with E-state index in [0.29, 0.717) is 24.3 Å². The molecule has 1 saturated heterocycles. The normalized spacial score (nSPS) is 24.7. The molecule has 6 nitrogen and oxygen atoms in total. The number of carbonyl (C=O) groups excluding carboxylic acids is 3. The minimum Gasteiger partial charge on any atom is -0.350 e. The number of carbonyl (C=O) groups is 3. The van der Waals surface area contributed by atoms with E-state index >= 15 is 0 Å². The predicted octanol–water partition coefficient (Wildman–Crippen LogP) is 3.36. The monoisotopic (exact) mass is 403 g/mol. The Labute approximate surface area is 171 Å². The van der Waals surface area contributed by atoms with Crippen LogP contribution in [0.3, 0.4) is 0 Å². The number of urea groups is 1. The summed E-state index contributed by atoms with van der Waals surface area (Å²) in [6, 6.07) is 5.63. The first-order valence-corrected chi connectivity index (χ1v) is 10.3. The quantitative estimate of drug-likeness (QED) is 0.715. The topological polar surface area (TPSA) is 78.5 Å². The molecule has 2 N–H and O–H groups in total. The van der Waals surface area contributed by atoms with Crippen LogP contribution in [0.4, 0.5) is 9.18 Å². The van der Waals surface area contributed by atoms with Crippen LogP contribution in [0.25, 0.3) is 0 Å². The van der Waals surface area contributed by atoms with Gasteiger partial charge in [0, 0.05) is 12.1 Å². The molecule has 1 aromatic rings. The molecule has 1 aliphatic heterocycles. The second-order valence-electron chi connectivity index (χ2n) is 8.89. The number of amides is 4. The van der Waals surface area contributed by atoms with Gasteiger partial charge in [0.25, 0.3) is 5.91 Å². The molecule has 29 heavy (non-hydrogen) atoms. The second kappa shape index (κ2) is 8.13. The van der Waals surface area contributed by atoms with E-state index in [1.165, 1.54) is 6.07 Å². The Morgan fingerprint density at radius 3 is 2.55 bits per heavy atom. The molecular formula is C22H30FN3O3. The molecule has 0 atom stereocenters. The van der Waals surface area contributed by atoms with Crippen molar-refractivity contribution in [1.82, 2.24) is 15.5 Å². The van der Waals surface area contributed by atoms with E-state index in [4.69, 9.17) is 0 Å². The number of nitrogens with one attached hydrogen (secondary N) is 2. The van der Waals surface area contributed by atoms with Crippen molar-refractivity contribution in [3.63, 3.8) is 0 Å². The molecule has 0 unspecified atom stereocenters. The smallest absolute Gasteiger partial charge is 0.325 e. The summed E-state index contributed by atoms with van der Waals surface area (Å²) >= 11 is 0. The van der Waals surface area contributed by atoms with Crippen LogP contribution in [-0.2, 0) is 16.1 Å². The molecule has 1 spiro atoms. The molecule has 1 aliphatic carbocycles. The minimum atomic E-state index is -0.886. The first-order chi connectivity index (χ1) is 13.7. The van der Waals surface area contributed by atoms with Gasteiger partial charge in [-0.1, -0.05) is 45.4 Å². The maximum absolute atomic E-state index is 13.7. The van der Waals surface area contributed by atoms with Gasteiger partial charge in [-0.15, -0.1) is 0 Å². The van der Waals surface area contributed by atoms with E-state index < -0.39 is 23.3 Å². The maximum atomic E-state index is 13.7. The average Bonchev–Trinajstić information content (AvgIpc) is 2.92. The van der Waals surface area contributed by atoms with Crippen LogP contribution in [0.15, 0.2) is 24.3 Å². The lowest BCUT2D eigenvalue weighted by Gasteiger charge is -2.42. The number of benzene rings is 1. The number of hydrogen-bond donors (Lipinski definition) is 2. The first kappa shape index (κ1) is 21.3. The number of hydrogen-bond acceptors (Lipinski definition) is 3. The fraction of sp³-hybridized carbons (Fsp3) is 0.591. The maximum Gasteiger partial charge on any atom is 0.325 e. The molecule has 0 radical (unpaired) electrons. The molecule has 3 rings (SSSR count). The van der Waals surface area contributed by atoms with Gasteiger partial charge in [-0.3, -0.25) is 14.5 Å². The van der Waals surface area contributed by atoms with Gasteiger partial charge in [-0.05, 0) is 43.1 Å². The molecule has 7 heteroatoms. The molecule has 2 aliphatic rings. The lowest BCUT2D eigenvalue weighted by Crippen LogP contribution is -2.51. The van der Waals surface area contributed by atoms with Crippen molar-refractivity contribution in [3.8, 4) is 0 Å². The standard InChI is InChI=1S/C22H30FN3O3/c1-4-21(2,3)16-9-11-22(12-10-16)19(28)26(20(29)25-22)14-18(27)24-13-15-7-5-6-8-17(15)23/h5-8,16H,4,9-14H2,1-3H3,(H,24,27)(H,25,29). The second-order valence-corrected chi connectivity index (χ2v) is 8.89. The number of imide groups is 1. The van der Waals surface area contributed by atoms with Gasteiger partial charge in [0.2, 0.25) is 5.91 Å². The van der Waals surface area contributed by atoms with E-state index in [0.717, 1.165) is 24.2 Å². The fourth-order valence-corrected chi connectivity index (χ4v) is 4.37. The lowest BCUT2D eigenvalue weighted by molar-refractivity contribution is -0.136. The summed E-state index contributed by atoms with van der Waals surface area (Å²) in [6.07, 6.45) is 4.01. The summed E-state index contributed by atoms with van der Waals surface area (Å²) in [5, 5.41) is 5.43. The average molecular weight is 403 g/mol. The summed E-state index contributed by atoms with van der Waals surface area (Å²) in [7, 11) is 0.